The van der Waals surface area contributed by atoms with Crippen molar-refractivity contribution in [2.45, 2.75) is 45.2 Å². The summed E-state index contributed by atoms with van der Waals surface area (Å²) in [6.45, 7) is 6.67. The summed E-state index contributed by atoms with van der Waals surface area (Å²) >= 11 is 6.00. The largest absolute Gasteiger partial charge is 0.465 e. The van der Waals surface area contributed by atoms with E-state index in [1.54, 1.807) is 6.07 Å². The van der Waals surface area contributed by atoms with Crippen LogP contribution in [-0.2, 0) is 0 Å². The Kier molecular flexibility index (Phi) is 4.92. The van der Waals surface area contributed by atoms with E-state index in [0.29, 0.717) is 29.7 Å². The van der Waals surface area contributed by atoms with Crippen molar-refractivity contribution in [1.82, 2.24) is 14.9 Å². The Morgan fingerprint density at radius 3 is 2.77 bits per heavy atom. The maximum atomic E-state index is 14.7. The highest BCUT2D eigenvalue weighted by molar-refractivity contribution is 6.30. The molecule has 0 radical (unpaired) electrons. The highest BCUT2D eigenvalue weighted by Crippen LogP contribution is 2.33. The molecule has 2 aromatic heterocycles. The van der Waals surface area contributed by atoms with Gasteiger partial charge in [-0.3, -0.25) is 9.88 Å². The van der Waals surface area contributed by atoms with E-state index >= 15 is 0 Å². The molecule has 1 atom stereocenters. The summed E-state index contributed by atoms with van der Waals surface area (Å²) in [5.74, 6) is -0.446. The third kappa shape index (κ3) is 3.53. The van der Waals surface area contributed by atoms with Crippen LogP contribution in [0.3, 0.4) is 0 Å². The number of fused-ring (bicyclic) bond motifs is 1. The van der Waals surface area contributed by atoms with Gasteiger partial charge in [-0.25, -0.2) is 14.2 Å². The fourth-order valence-electron chi connectivity index (χ4n) is 3.71. The van der Waals surface area contributed by atoms with Gasteiger partial charge in [-0.15, -0.1) is 0 Å². The smallest absolute Gasteiger partial charge is 0.408 e. The van der Waals surface area contributed by atoms with Crippen LogP contribution in [0.4, 0.5) is 14.9 Å². The number of halogens is 2. The zero-order valence-electron chi connectivity index (χ0n) is 15.0. The van der Waals surface area contributed by atoms with Gasteiger partial charge in [0.2, 0.25) is 0 Å². The molecule has 0 saturated carbocycles. The van der Waals surface area contributed by atoms with Gasteiger partial charge in [-0.1, -0.05) is 11.6 Å². The molecule has 1 aliphatic heterocycles. The second-order valence-corrected chi connectivity index (χ2v) is 7.93. The van der Waals surface area contributed by atoms with E-state index in [-0.39, 0.29) is 11.2 Å². The highest BCUT2D eigenvalue weighted by atomic mass is 35.5. The maximum Gasteiger partial charge on any atom is 0.408 e. The first-order chi connectivity index (χ1) is 12.2. The van der Waals surface area contributed by atoms with Gasteiger partial charge in [0.15, 0.2) is 5.82 Å². The predicted molar refractivity (Wildman–Crippen MR) is 99.4 cm³/mol. The summed E-state index contributed by atoms with van der Waals surface area (Å²) in [5, 5.41) is 10.5. The Labute approximate surface area is 156 Å². The average Bonchev–Trinajstić information content (AvgIpc) is 2.53. The van der Waals surface area contributed by atoms with E-state index in [0.717, 1.165) is 12.8 Å². The van der Waals surface area contributed by atoms with E-state index in [9.17, 15) is 14.3 Å². The van der Waals surface area contributed by atoms with Crippen LogP contribution < -0.4 is 4.90 Å². The zero-order valence-corrected chi connectivity index (χ0v) is 15.8. The number of anilines is 1. The lowest BCUT2D eigenvalue weighted by atomic mass is 9.97. The molecule has 0 bridgehead atoms. The first-order valence-corrected chi connectivity index (χ1v) is 8.93. The van der Waals surface area contributed by atoms with E-state index in [2.05, 4.69) is 9.97 Å². The molecule has 3 heterocycles. The topological polar surface area (TPSA) is 69.6 Å². The minimum atomic E-state index is -0.961. The minimum absolute atomic E-state index is 0.221. The van der Waals surface area contributed by atoms with E-state index in [4.69, 9.17) is 11.6 Å². The Morgan fingerprint density at radius 1 is 1.38 bits per heavy atom. The first kappa shape index (κ1) is 18.6. The van der Waals surface area contributed by atoms with Crippen LogP contribution in [0.5, 0.6) is 0 Å². The molecule has 3 rings (SSSR count). The lowest BCUT2D eigenvalue weighted by molar-refractivity contribution is 0.0648. The summed E-state index contributed by atoms with van der Waals surface area (Å²) in [6, 6.07) is 1.38. The average molecular weight is 381 g/mol. The molecule has 0 spiro atoms. The predicted octanol–water partition coefficient (Wildman–Crippen LogP) is 4.17. The zero-order chi connectivity index (χ0) is 19.1. The molecule has 6 nitrogen and oxygen atoms in total. The van der Waals surface area contributed by atoms with Crippen molar-refractivity contribution in [2.75, 3.05) is 18.0 Å². The van der Waals surface area contributed by atoms with E-state index in [1.165, 1.54) is 17.3 Å². The lowest BCUT2D eigenvalue weighted by Crippen LogP contribution is -2.57. The van der Waals surface area contributed by atoms with Crippen LogP contribution in [0.1, 0.15) is 33.6 Å². The lowest BCUT2D eigenvalue weighted by Gasteiger charge is -2.44. The third-order valence-electron chi connectivity index (χ3n) is 4.65. The molecule has 0 unspecified atom stereocenters. The molecule has 26 heavy (non-hydrogen) atoms. The molecule has 1 fully saturated rings. The molecule has 1 aliphatic rings. The standard InChI is InChI=1S/C18H22ClFN4O2/c1-18(2,3)24(17(25)26)11-5-4-6-23(10-11)16-12-7-15(19)22-9-14(12)21-8-13(16)20/h7-9,11H,4-6,10H2,1-3H3,(H,25,26)/t11-/m0/s1. The van der Waals surface area contributed by atoms with Crippen molar-refractivity contribution in [3.05, 3.63) is 29.4 Å². The number of rotatable bonds is 2. The van der Waals surface area contributed by atoms with Gasteiger partial charge < -0.3 is 10.0 Å². The van der Waals surface area contributed by atoms with Crippen LogP contribution in [0.15, 0.2) is 18.5 Å². The highest BCUT2D eigenvalue weighted by Gasteiger charge is 2.36. The van der Waals surface area contributed by atoms with Crippen LogP contribution in [-0.4, -0.2) is 50.7 Å². The molecule has 0 aliphatic carbocycles. The van der Waals surface area contributed by atoms with E-state index in [1.807, 2.05) is 25.7 Å². The van der Waals surface area contributed by atoms with Crippen LogP contribution in [0.25, 0.3) is 10.9 Å². The van der Waals surface area contributed by atoms with Gasteiger partial charge in [-0.05, 0) is 39.7 Å². The molecule has 0 aromatic carbocycles. The summed E-state index contributed by atoms with van der Waals surface area (Å²) in [5.41, 5.74) is 0.424. The molecule has 1 N–H and O–H groups in total. The fraction of sp³-hybridized carbons (Fsp3) is 0.500. The fourth-order valence-corrected chi connectivity index (χ4v) is 3.87. The van der Waals surface area contributed by atoms with Crippen LogP contribution in [0, 0.1) is 5.82 Å². The summed E-state index contributed by atoms with van der Waals surface area (Å²) in [7, 11) is 0. The Morgan fingerprint density at radius 2 is 2.12 bits per heavy atom. The third-order valence-corrected chi connectivity index (χ3v) is 4.86. The molecule has 1 saturated heterocycles. The van der Waals surface area contributed by atoms with Gasteiger partial charge >= 0.3 is 6.09 Å². The molecular formula is C18H22ClFN4O2. The summed E-state index contributed by atoms with van der Waals surface area (Å²) < 4.78 is 14.7. The number of hydrogen-bond donors (Lipinski definition) is 1. The van der Waals surface area contributed by atoms with Crippen LogP contribution in [0.2, 0.25) is 5.15 Å². The normalized spacial score (nSPS) is 18.2. The monoisotopic (exact) mass is 380 g/mol. The Bertz CT molecular complexity index is 835. The van der Waals surface area contributed by atoms with Gasteiger partial charge in [-0.2, -0.15) is 0 Å². The number of carboxylic acid groups (broad SMARTS) is 1. The first-order valence-electron chi connectivity index (χ1n) is 8.55. The molecular weight excluding hydrogens is 359 g/mol. The number of hydrogen-bond acceptors (Lipinski definition) is 4. The quantitative estimate of drug-likeness (QED) is 0.792. The van der Waals surface area contributed by atoms with Crippen molar-refractivity contribution in [3.63, 3.8) is 0 Å². The second-order valence-electron chi connectivity index (χ2n) is 7.54. The summed E-state index contributed by atoms with van der Waals surface area (Å²) in [4.78, 5) is 23.2. The van der Waals surface area contributed by atoms with E-state index < -0.39 is 17.4 Å². The Hall–Kier alpha value is -2.15. The maximum absolute atomic E-state index is 14.7. The number of carbonyl (C=O) groups is 1. The SMILES string of the molecule is CC(C)(C)N(C(=O)O)[C@H]1CCCN(c2c(F)cnc3cnc(Cl)cc23)C1. The van der Waals surface area contributed by atoms with Gasteiger partial charge in [0.25, 0.3) is 0 Å². The molecule has 1 amide bonds. The van der Waals surface area contributed by atoms with Crippen LogP contribution >= 0.6 is 11.6 Å². The summed E-state index contributed by atoms with van der Waals surface area (Å²) in [6.07, 6.45) is 3.24. The molecule has 140 valence electrons. The van der Waals surface area contributed by atoms with Crippen molar-refractivity contribution >= 4 is 34.3 Å². The van der Waals surface area contributed by atoms with Crippen molar-refractivity contribution < 1.29 is 14.3 Å². The van der Waals surface area contributed by atoms with Crippen molar-refractivity contribution in [3.8, 4) is 0 Å². The number of nitrogens with zero attached hydrogens (tertiary/aromatic N) is 4. The minimum Gasteiger partial charge on any atom is -0.465 e. The number of pyridine rings is 2. The van der Waals surface area contributed by atoms with Gasteiger partial charge in [0.1, 0.15) is 5.15 Å². The molecule has 8 heteroatoms. The second kappa shape index (κ2) is 6.87. The Balaban J connectivity index is 2.00. The molecule has 2 aromatic rings. The van der Waals surface area contributed by atoms with Crippen molar-refractivity contribution in [1.29, 1.82) is 0 Å². The number of amides is 1. The van der Waals surface area contributed by atoms with Crippen molar-refractivity contribution in [2.24, 2.45) is 0 Å². The van der Waals surface area contributed by atoms with Gasteiger partial charge in [0, 0.05) is 24.0 Å². The van der Waals surface area contributed by atoms with Gasteiger partial charge in [0.05, 0.1) is 29.6 Å². The number of piperidine rings is 1. The number of aromatic nitrogens is 2.